The fraction of sp³-hybridized carbons (Fsp3) is 0.391. The Bertz CT molecular complexity index is 1140. The first kappa shape index (κ1) is 23.0. The van der Waals surface area contributed by atoms with E-state index in [-0.39, 0.29) is 18.7 Å². The highest BCUT2D eigenvalue weighted by Crippen LogP contribution is 2.44. The van der Waals surface area contributed by atoms with Crippen molar-refractivity contribution >= 4 is 28.7 Å². The van der Waals surface area contributed by atoms with E-state index in [9.17, 15) is 17.6 Å². The standard InChI is InChI=1S/C23H23F4N3S2/c1-13(2)31-21-20(15-7-9-17(10-8-15)23(25,26)27)28-22(32-21)30-12-19(14(3)29-30)16-5-4-6-18(24)11-16/h4-7,11-13,17H,8-10H2,1-3H3. The first-order valence-corrected chi connectivity index (χ1v) is 12.1. The number of rotatable bonds is 5. The molecular formula is C23H23F4N3S2. The molecule has 9 heteroatoms. The van der Waals surface area contributed by atoms with Gasteiger partial charge in [0.2, 0.25) is 5.13 Å². The van der Waals surface area contributed by atoms with Crippen molar-refractivity contribution in [2.45, 2.75) is 55.7 Å². The van der Waals surface area contributed by atoms with E-state index in [0.29, 0.717) is 16.8 Å². The molecule has 0 spiro atoms. The molecular weight excluding hydrogens is 458 g/mol. The maximum Gasteiger partial charge on any atom is 0.392 e. The summed E-state index contributed by atoms with van der Waals surface area (Å²) >= 11 is 3.13. The number of aromatic nitrogens is 3. The van der Waals surface area contributed by atoms with Crippen LogP contribution in [0, 0.1) is 18.7 Å². The van der Waals surface area contributed by atoms with Crippen LogP contribution in [0.15, 0.2) is 40.7 Å². The van der Waals surface area contributed by atoms with Crippen LogP contribution in [0.1, 0.15) is 44.5 Å². The molecule has 0 fully saturated rings. The molecule has 0 N–H and O–H groups in total. The summed E-state index contributed by atoms with van der Waals surface area (Å²) in [5, 5.41) is 5.52. The summed E-state index contributed by atoms with van der Waals surface area (Å²) in [5.74, 6) is -1.60. The van der Waals surface area contributed by atoms with E-state index >= 15 is 0 Å². The predicted molar refractivity (Wildman–Crippen MR) is 122 cm³/mol. The summed E-state index contributed by atoms with van der Waals surface area (Å²) in [7, 11) is 0. The smallest absolute Gasteiger partial charge is 0.217 e. The number of benzene rings is 1. The van der Waals surface area contributed by atoms with Crippen LogP contribution in [-0.4, -0.2) is 26.2 Å². The van der Waals surface area contributed by atoms with Crippen LogP contribution < -0.4 is 0 Å². The summed E-state index contributed by atoms with van der Waals surface area (Å²) in [6.07, 6.45) is -0.222. The summed E-state index contributed by atoms with van der Waals surface area (Å²) in [5.41, 5.74) is 3.91. The summed E-state index contributed by atoms with van der Waals surface area (Å²) in [6, 6.07) is 6.34. The van der Waals surface area contributed by atoms with Gasteiger partial charge in [-0.3, -0.25) is 0 Å². The van der Waals surface area contributed by atoms with Crippen molar-refractivity contribution < 1.29 is 17.6 Å². The zero-order valence-electron chi connectivity index (χ0n) is 17.9. The first-order valence-electron chi connectivity index (χ1n) is 10.4. The van der Waals surface area contributed by atoms with E-state index < -0.39 is 12.1 Å². The second-order valence-corrected chi connectivity index (χ2v) is 10.9. The molecule has 32 heavy (non-hydrogen) atoms. The molecule has 0 amide bonds. The number of hydrogen-bond donors (Lipinski definition) is 0. The number of hydrogen-bond acceptors (Lipinski definition) is 4. The molecule has 0 bridgehead atoms. The molecule has 3 aromatic rings. The van der Waals surface area contributed by atoms with Gasteiger partial charge in [0, 0.05) is 17.0 Å². The van der Waals surface area contributed by atoms with E-state index in [4.69, 9.17) is 4.98 Å². The van der Waals surface area contributed by atoms with Crippen LogP contribution in [-0.2, 0) is 0 Å². The fourth-order valence-electron chi connectivity index (χ4n) is 3.73. The van der Waals surface area contributed by atoms with Gasteiger partial charge >= 0.3 is 6.18 Å². The van der Waals surface area contributed by atoms with Crippen molar-refractivity contribution in [2.24, 2.45) is 5.92 Å². The van der Waals surface area contributed by atoms with Gasteiger partial charge in [0.15, 0.2) is 0 Å². The normalized spacial score (nSPS) is 17.1. The van der Waals surface area contributed by atoms with Crippen molar-refractivity contribution in [2.75, 3.05) is 0 Å². The lowest BCUT2D eigenvalue weighted by Crippen LogP contribution is -2.24. The highest BCUT2D eigenvalue weighted by Gasteiger charge is 2.40. The van der Waals surface area contributed by atoms with Gasteiger partial charge in [0.05, 0.1) is 21.5 Å². The molecule has 4 rings (SSSR count). The minimum Gasteiger partial charge on any atom is -0.217 e. The minimum atomic E-state index is -4.16. The molecule has 0 saturated heterocycles. The quantitative estimate of drug-likeness (QED) is 0.276. The number of halogens is 4. The van der Waals surface area contributed by atoms with E-state index in [1.807, 2.05) is 19.2 Å². The minimum absolute atomic E-state index is 0.0118. The van der Waals surface area contributed by atoms with Gasteiger partial charge < -0.3 is 0 Å². The Morgan fingerprint density at radius 2 is 2.03 bits per heavy atom. The van der Waals surface area contributed by atoms with Crippen molar-refractivity contribution in [1.82, 2.24) is 14.8 Å². The monoisotopic (exact) mass is 481 g/mol. The van der Waals surface area contributed by atoms with E-state index in [1.54, 1.807) is 28.6 Å². The van der Waals surface area contributed by atoms with Gasteiger partial charge in [-0.05, 0) is 49.5 Å². The van der Waals surface area contributed by atoms with Crippen molar-refractivity contribution in [3.8, 4) is 16.3 Å². The van der Waals surface area contributed by atoms with Crippen molar-refractivity contribution in [3.63, 3.8) is 0 Å². The largest absolute Gasteiger partial charge is 0.392 e. The van der Waals surface area contributed by atoms with E-state index in [2.05, 4.69) is 18.9 Å². The van der Waals surface area contributed by atoms with Crippen LogP contribution in [0.25, 0.3) is 21.8 Å². The molecule has 0 saturated carbocycles. The number of nitrogens with zero attached hydrogens (tertiary/aromatic N) is 3. The van der Waals surface area contributed by atoms with Gasteiger partial charge in [0.1, 0.15) is 5.82 Å². The molecule has 1 aliphatic rings. The average Bonchev–Trinajstić information content (AvgIpc) is 3.30. The SMILES string of the molecule is Cc1nn(-c2nc(C3=CCC(C(F)(F)F)CC3)c(SC(C)C)s2)cc1-c1cccc(F)c1. The molecule has 1 unspecified atom stereocenters. The Morgan fingerprint density at radius 1 is 1.25 bits per heavy atom. The maximum absolute atomic E-state index is 13.7. The van der Waals surface area contributed by atoms with Crippen LogP contribution in [0.3, 0.4) is 0 Å². The summed E-state index contributed by atoms with van der Waals surface area (Å²) < 4.78 is 55.5. The van der Waals surface area contributed by atoms with Crippen LogP contribution in [0.4, 0.5) is 17.6 Å². The molecule has 1 aromatic carbocycles. The van der Waals surface area contributed by atoms with E-state index in [1.165, 1.54) is 23.5 Å². The molecule has 0 radical (unpaired) electrons. The molecule has 1 aliphatic carbocycles. The van der Waals surface area contributed by atoms with Gasteiger partial charge in [-0.1, -0.05) is 43.4 Å². The Hall–Kier alpha value is -2.13. The number of alkyl halides is 3. The van der Waals surface area contributed by atoms with Gasteiger partial charge in [0.25, 0.3) is 0 Å². The van der Waals surface area contributed by atoms with Crippen LogP contribution in [0.2, 0.25) is 0 Å². The predicted octanol–water partition coefficient (Wildman–Crippen LogP) is 7.69. The molecule has 170 valence electrons. The summed E-state index contributed by atoms with van der Waals surface area (Å²) in [4.78, 5) is 4.78. The Labute approximate surface area is 192 Å². The van der Waals surface area contributed by atoms with E-state index in [0.717, 1.165) is 32.3 Å². The third-order valence-electron chi connectivity index (χ3n) is 5.34. The number of allylic oxidation sites excluding steroid dienone is 2. The molecule has 3 nitrogen and oxygen atoms in total. The van der Waals surface area contributed by atoms with Crippen molar-refractivity contribution in [1.29, 1.82) is 0 Å². The Balaban J connectivity index is 1.69. The fourth-order valence-corrected chi connectivity index (χ4v) is 6.21. The third-order valence-corrected chi connectivity index (χ3v) is 7.59. The number of aryl methyl sites for hydroxylation is 1. The summed E-state index contributed by atoms with van der Waals surface area (Å²) in [6.45, 7) is 6.00. The lowest BCUT2D eigenvalue weighted by molar-refractivity contribution is -0.175. The second kappa shape index (κ2) is 9.02. The lowest BCUT2D eigenvalue weighted by atomic mass is 9.88. The second-order valence-electron chi connectivity index (χ2n) is 8.12. The molecule has 0 aliphatic heterocycles. The topological polar surface area (TPSA) is 30.7 Å². The molecule has 2 aromatic heterocycles. The zero-order chi connectivity index (χ0) is 23.0. The first-order chi connectivity index (χ1) is 15.1. The highest BCUT2D eigenvalue weighted by molar-refractivity contribution is 8.01. The third kappa shape index (κ3) is 4.93. The van der Waals surface area contributed by atoms with Crippen LogP contribution >= 0.6 is 23.1 Å². The van der Waals surface area contributed by atoms with Gasteiger partial charge in [-0.15, -0.1) is 11.8 Å². The Kier molecular flexibility index (Phi) is 6.49. The maximum atomic E-state index is 13.7. The molecule has 1 atom stereocenters. The highest BCUT2D eigenvalue weighted by atomic mass is 32.2. The molecule has 2 heterocycles. The zero-order valence-corrected chi connectivity index (χ0v) is 19.5. The Morgan fingerprint density at radius 3 is 2.66 bits per heavy atom. The van der Waals surface area contributed by atoms with Crippen LogP contribution in [0.5, 0.6) is 0 Å². The lowest BCUT2D eigenvalue weighted by Gasteiger charge is -2.23. The van der Waals surface area contributed by atoms with Crippen molar-refractivity contribution in [3.05, 3.63) is 53.7 Å². The van der Waals surface area contributed by atoms with Gasteiger partial charge in [-0.25, -0.2) is 14.1 Å². The number of thiazole rings is 1. The van der Waals surface area contributed by atoms with Gasteiger partial charge in [-0.2, -0.15) is 18.3 Å². The number of thioether (sulfide) groups is 1. The average molecular weight is 482 g/mol.